The van der Waals surface area contributed by atoms with Crippen molar-refractivity contribution in [3.05, 3.63) is 30.1 Å². The van der Waals surface area contributed by atoms with Gasteiger partial charge in [0.2, 0.25) is 0 Å². The Labute approximate surface area is 95.8 Å². The van der Waals surface area contributed by atoms with E-state index in [1.165, 1.54) is 7.11 Å². The normalized spacial score (nSPS) is 13.2. The van der Waals surface area contributed by atoms with Crippen LogP contribution in [0, 0.1) is 0 Å². The van der Waals surface area contributed by atoms with Crippen molar-refractivity contribution in [2.24, 2.45) is 5.73 Å². The van der Waals surface area contributed by atoms with Crippen molar-refractivity contribution < 1.29 is 9.53 Å². The number of esters is 1. The van der Waals surface area contributed by atoms with Crippen LogP contribution in [-0.2, 0) is 9.53 Å². The fraction of sp³-hybridized carbons (Fsp3) is 0.500. The predicted octanol–water partition coefficient (Wildman–Crippen LogP) is 1.47. The first-order chi connectivity index (χ1) is 7.45. The molecule has 1 aromatic rings. The molecule has 0 saturated carbocycles. The highest BCUT2D eigenvalue weighted by Gasteiger charge is 2.30. The molecule has 0 bridgehead atoms. The topological polar surface area (TPSA) is 65.2 Å². The summed E-state index contributed by atoms with van der Waals surface area (Å²) in [6, 6.07) is 5.60. The van der Waals surface area contributed by atoms with E-state index in [0.717, 1.165) is 5.69 Å². The molecule has 0 aliphatic carbocycles. The van der Waals surface area contributed by atoms with Gasteiger partial charge in [0, 0.05) is 23.3 Å². The average molecular weight is 222 g/mol. The van der Waals surface area contributed by atoms with E-state index in [4.69, 9.17) is 5.73 Å². The van der Waals surface area contributed by atoms with Crippen LogP contribution in [0.4, 0.5) is 0 Å². The number of carbonyl (C=O) groups excluding carboxylic acids is 1. The van der Waals surface area contributed by atoms with Gasteiger partial charge in [-0.2, -0.15) is 0 Å². The van der Waals surface area contributed by atoms with E-state index in [0.29, 0.717) is 0 Å². The zero-order valence-electron chi connectivity index (χ0n) is 9.93. The second kappa shape index (κ2) is 5.07. The molecule has 0 spiro atoms. The molecule has 88 valence electrons. The summed E-state index contributed by atoms with van der Waals surface area (Å²) in [5, 5.41) is 0. The van der Waals surface area contributed by atoms with Gasteiger partial charge in [-0.25, -0.2) is 0 Å². The smallest absolute Gasteiger partial charge is 0.306 e. The Morgan fingerprint density at radius 1 is 1.56 bits per heavy atom. The van der Waals surface area contributed by atoms with Gasteiger partial charge in [-0.1, -0.05) is 6.07 Å². The molecule has 0 aliphatic rings. The van der Waals surface area contributed by atoms with Crippen LogP contribution in [0.2, 0.25) is 0 Å². The van der Waals surface area contributed by atoms with E-state index in [9.17, 15) is 4.79 Å². The Kier molecular flexibility index (Phi) is 4.01. The van der Waals surface area contributed by atoms with Gasteiger partial charge in [0.15, 0.2) is 0 Å². The van der Waals surface area contributed by atoms with E-state index < -0.39 is 5.54 Å². The minimum absolute atomic E-state index is 0.138. The monoisotopic (exact) mass is 222 g/mol. The molecular weight excluding hydrogens is 204 g/mol. The Balaban J connectivity index is 2.93. The van der Waals surface area contributed by atoms with Crippen molar-refractivity contribution >= 4 is 5.97 Å². The van der Waals surface area contributed by atoms with Crippen LogP contribution >= 0.6 is 0 Å². The SMILES string of the molecule is COC(=O)CC(c1ccccn1)C(C)(C)N. The largest absolute Gasteiger partial charge is 0.469 e. The van der Waals surface area contributed by atoms with Gasteiger partial charge >= 0.3 is 5.97 Å². The first-order valence-corrected chi connectivity index (χ1v) is 5.21. The molecule has 0 amide bonds. The van der Waals surface area contributed by atoms with Crippen molar-refractivity contribution in [1.29, 1.82) is 0 Å². The molecule has 4 nitrogen and oxygen atoms in total. The second-order valence-electron chi connectivity index (χ2n) is 4.41. The Morgan fingerprint density at radius 2 is 2.25 bits per heavy atom. The van der Waals surface area contributed by atoms with Crippen molar-refractivity contribution in [2.45, 2.75) is 31.7 Å². The number of nitrogens with two attached hydrogens (primary N) is 1. The molecule has 1 aromatic heterocycles. The first kappa shape index (κ1) is 12.6. The second-order valence-corrected chi connectivity index (χ2v) is 4.41. The van der Waals surface area contributed by atoms with Gasteiger partial charge in [0.25, 0.3) is 0 Å². The molecule has 0 saturated heterocycles. The average Bonchev–Trinajstić information content (AvgIpc) is 2.25. The Morgan fingerprint density at radius 3 is 2.69 bits per heavy atom. The van der Waals surface area contributed by atoms with Crippen molar-refractivity contribution in [3.63, 3.8) is 0 Å². The lowest BCUT2D eigenvalue weighted by atomic mass is 9.83. The third kappa shape index (κ3) is 3.31. The zero-order chi connectivity index (χ0) is 12.2. The lowest BCUT2D eigenvalue weighted by Crippen LogP contribution is -2.40. The first-order valence-electron chi connectivity index (χ1n) is 5.21. The van der Waals surface area contributed by atoms with Crippen LogP contribution in [0.1, 0.15) is 31.9 Å². The summed E-state index contributed by atoms with van der Waals surface area (Å²) >= 11 is 0. The van der Waals surface area contributed by atoms with Crippen molar-refractivity contribution in [1.82, 2.24) is 4.98 Å². The van der Waals surface area contributed by atoms with E-state index in [-0.39, 0.29) is 18.3 Å². The minimum atomic E-state index is -0.511. The maximum Gasteiger partial charge on any atom is 0.306 e. The van der Waals surface area contributed by atoms with Crippen molar-refractivity contribution in [2.75, 3.05) is 7.11 Å². The zero-order valence-corrected chi connectivity index (χ0v) is 9.93. The fourth-order valence-corrected chi connectivity index (χ4v) is 1.58. The highest BCUT2D eigenvalue weighted by Crippen LogP contribution is 2.28. The highest BCUT2D eigenvalue weighted by atomic mass is 16.5. The summed E-state index contributed by atoms with van der Waals surface area (Å²) in [6.07, 6.45) is 1.95. The number of hydrogen-bond acceptors (Lipinski definition) is 4. The molecule has 1 atom stereocenters. The number of ether oxygens (including phenoxy) is 1. The molecule has 4 heteroatoms. The van der Waals surface area contributed by atoms with Crippen LogP contribution in [0.3, 0.4) is 0 Å². The Hall–Kier alpha value is -1.42. The van der Waals surface area contributed by atoms with Crippen LogP contribution in [0.15, 0.2) is 24.4 Å². The van der Waals surface area contributed by atoms with Crippen LogP contribution in [-0.4, -0.2) is 23.6 Å². The third-order valence-corrected chi connectivity index (χ3v) is 2.54. The summed E-state index contributed by atoms with van der Waals surface area (Å²) in [7, 11) is 1.38. The van der Waals surface area contributed by atoms with Crippen LogP contribution in [0.25, 0.3) is 0 Å². The minimum Gasteiger partial charge on any atom is -0.469 e. The van der Waals surface area contributed by atoms with Gasteiger partial charge in [-0.3, -0.25) is 9.78 Å². The third-order valence-electron chi connectivity index (χ3n) is 2.54. The van der Waals surface area contributed by atoms with Gasteiger partial charge < -0.3 is 10.5 Å². The molecule has 16 heavy (non-hydrogen) atoms. The molecule has 0 fully saturated rings. The van der Waals surface area contributed by atoms with Crippen molar-refractivity contribution in [3.8, 4) is 0 Å². The van der Waals surface area contributed by atoms with Crippen LogP contribution < -0.4 is 5.73 Å². The summed E-state index contributed by atoms with van der Waals surface area (Å²) in [4.78, 5) is 15.6. The highest BCUT2D eigenvalue weighted by molar-refractivity contribution is 5.70. The molecule has 0 radical (unpaired) electrons. The van der Waals surface area contributed by atoms with E-state index >= 15 is 0 Å². The molecule has 1 heterocycles. The fourth-order valence-electron chi connectivity index (χ4n) is 1.58. The maximum atomic E-state index is 11.3. The molecule has 1 rings (SSSR count). The molecule has 0 aromatic carbocycles. The van der Waals surface area contributed by atoms with Gasteiger partial charge in [-0.15, -0.1) is 0 Å². The standard InChI is InChI=1S/C12H18N2O2/c1-12(2,13)9(8-11(15)16-3)10-6-4-5-7-14-10/h4-7,9H,8,13H2,1-3H3. The summed E-state index contributed by atoms with van der Waals surface area (Å²) in [6.45, 7) is 3.77. The number of pyridine rings is 1. The number of carbonyl (C=O) groups is 1. The van der Waals surface area contributed by atoms with E-state index in [1.807, 2.05) is 32.0 Å². The van der Waals surface area contributed by atoms with E-state index in [1.54, 1.807) is 6.20 Å². The summed E-state index contributed by atoms with van der Waals surface area (Å²) in [5.74, 6) is -0.407. The quantitative estimate of drug-likeness (QED) is 0.783. The number of methoxy groups -OCH3 is 1. The van der Waals surface area contributed by atoms with E-state index in [2.05, 4.69) is 9.72 Å². The van der Waals surface area contributed by atoms with Gasteiger partial charge in [-0.05, 0) is 26.0 Å². The number of hydrogen-bond donors (Lipinski definition) is 1. The number of rotatable bonds is 4. The molecule has 1 unspecified atom stereocenters. The summed E-state index contributed by atoms with van der Waals surface area (Å²) in [5.41, 5.74) is 6.38. The molecule has 0 aliphatic heterocycles. The lowest BCUT2D eigenvalue weighted by Gasteiger charge is -2.29. The number of nitrogens with zero attached hydrogens (tertiary/aromatic N) is 1. The molecular formula is C12H18N2O2. The van der Waals surface area contributed by atoms with Crippen LogP contribution in [0.5, 0.6) is 0 Å². The van der Waals surface area contributed by atoms with Gasteiger partial charge in [0.1, 0.15) is 0 Å². The lowest BCUT2D eigenvalue weighted by molar-refractivity contribution is -0.141. The van der Waals surface area contributed by atoms with Gasteiger partial charge in [0.05, 0.1) is 13.5 Å². The molecule has 2 N–H and O–H groups in total. The number of aromatic nitrogens is 1. The maximum absolute atomic E-state index is 11.3. The summed E-state index contributed by atoms with van der Waals surface area (Å²) < 4.78 is 4.68. The predicted molar refractivity (Wildman–Crippen MR) is 61.9 cm³/mol. The Bertz CT molecular complexity index is 344.